The van der Waals surface area contributed by atoms with Gasteiger partial charge >= 0.3 is 0 Å². The molecule has 2 rings (SSSR count). The van der Waals surface area contributed by atoms with Crippen LogP contribution in [0.3, 0.4) is 0 Å². The molecule has 1 aromatic heterocycles. The predicted molar refractivity (Wildman–Crippen MR) is 69.4 cm³/mol. The number of amides is 1. The van der Waals surface area contributed by atoms with E-state index < -0.39 is 0 Å². The van der Waals surface area contributed by atoms with Crippen molar-refractivity contribution in [3.8, 4) is 0 Å². The maximum absolute atomic E-state index is 11.7. The molecule has 1 fully saturated rings. The van der Waals surface area contributed by atoms with Crippen molar-refractivity contribution in [3.05, 3.63) is 12.2 Å². The highest BCUT2D eigenvalue weighted by molar-refractivity contribution is 5.76. The van der Waals surface area contributed by atoms with E-state index in [1.807, 2.05) is 6.92 Å². The molecule has 2 heterocycles. The Labute approximate surface area is 112 Å². The second kappa shape index (κ2) is 7.20. The van der Waals surface area contributed by atoms with E-state index in [1.165, 1.54) is 6.33 Å². The molecule has 0 spiro atoms. The van der Waals surface area contributed by atoms with E-state index in [1.54, 1.807) is 0 Å². The predicted octanol–water partition coefficient (Wildman–Crippen LogP) is 0.141. The number of H-pyrrole nitrogens is 1. The maximum Gasteiger partial charge on any atom is 0.222 e. The number of aromatic amines is 1. The van der Waals surface area contributed by atoms with Crippen molar-refractivity contribution in [2.24, 2.45) is 0 Å². The van der Waals surface area contributed by atoms with Gasteiger partial charge in [0.2, 0.25) is 5.91 Å². The lowest BCUT2D eigenvalue weighted by Crippen LogP contribution is -2.33. The van der Waals surface area contributed by atoms with Crippen LogP contribution < -0.4 is 10.6 Å². The van der Waals surface area contributed by atoms with Crippen LogP contribution in [-0.4, -0.2) is 46.9 Å². The molecule has 1 saturated heterocycles. The highest BCUT2D eigenvalue weighted by Crippen LogP contribution is 2.08. The zero-order valence-corrected chi connectivity index (χ0v) is 11.2. The fourth-order valence-electron chi connectivity index (χ4n) is 2.09. The molecule has 1 atom stereocenters. The largest absolute Gasteiger partial charge is 0.378 e. The van der Waals surface area contributed by atoms with Crippen molar-refractivity contribution in [1.29, 1.82) is 0 Å². The van der Waals surface area contributed by atoms with Crippen molar-refractivity contribution < 1.29 is 9.53 Å². The second-order valence-corrected chi connectivity index (χ2v) is 4.73. The Kier molecular flexibility index (Phi) is 5.29. The molecular weight excluding hydrogens is 246 g/mol. The van der Waals surface area contributed by atoms with E-state index in [9.17, 15) is 4.79 Å². The second-order valence-electron chi connectivity index (χ2n) is 4.73. The summed E-state index contributed by atoms with van der Waals surface area (Å²) in [6.45, 7) is 4.34. The van der Waals surface area contributed by atoms with Gasteiger partial charge in [0.1, 0.15) is 12.2 Å². The molecule has 1 aliphatic rings. The van der Waals surface area contributed by atoms with E-state index >= 15 is 0 Å². The van der Waals surface area contributed by atoms with Crippen LogP contribution >= 0.6 is 0 Å². The summed E-state index contributed by atoms with van der Waals surface area (Å²) >= 11 is 0. The monoisotopic (exact) mass is 267 g/mol. The summed E-state index contributed by atoms with van der Waals surface area (Å²) in [6.07, 6.45) is 4.15. The van der Waals surface area contributed by atoms with Gasteiger partial charge in [-0.05, 0) is 32.9 Å². The van der Waals surface area contributed by atoms with Crippen molar-refractivity contribution in [2.75, 3.05) is 19.7 Å². The van der Waals surface area contributed by atoms with Crippen LogP contribution in [0.1, 0.15) is 38.1 Å². The highest BCUT2D eigenvalue weighted by atomic mass is 16.5. The fraction of sp³-hybridized carbons (Fsp3) is 0.750. The Morgan fingerprint density at radius 1 is 1.58 bits per heavy atom. The van der Waals surface area contributed by atoms with Crippen molar-refractivity contribution in [2.45, 2.75) is 38.3 Å². The first-order chi connectivity index (χ1) is 9.25. The number of aromatic nitrogens is 3. The van der Waals surface area contributed by atoms with E-state index in [0.717, 1.165) is 25.9 Å². The Morgan fingerprint density at radius 2 is 2.37 bits per heavy atom. The zero-order valence-electron chi connectivity index (χ0n) is 11.2. The molecule has 1 aliphatic heterocycles. The molecule has 0 bridgehead atoms. The summed E-state index contributed by atoms with van der Waals surface area (Å²) in [5.41, 5.74) is 0. The number of piperidine rings is 1. The molecule has 0 saturated carbocycles. The number of hydrogen-bond acceptors (Lipinski definition) is 5. The van der Waals surface area contributed by atoms with Crippen LogP contribution in [-0.2, 0) is 9.53 Å². The van der Waals surface area contributed by atoms with Crippen LogP contribution in [0.2, 0.25) is 0 Å². The normalized spacial score (nSPS) is 18.2. The third kappa shape index (κ3) is 4.60. The minimum Gasteiger partial charge on any atom is -0.378 e. The van der Waals surface area contributed by atoms with E-state index in [4.69, 9.17) is 4.74 Å². The first-order valence-corrected chi connectivity index (χ1v) is 6.72. The summed E-state index contributed by atoms with van der Waals surface area (Å²) in [5.74, 6) is 0.630. The molecule has 0 aromatic carbocycles. The smallest absolute Gasteiger partial charge is 0.222 e. The van der Waals surface area contributed by atoms with Crippen molar-refractivity contribution >= 4 is 5.91 Å². The van der Waals surface area contributed by atoms with Crippen LogP contribution in [0.4, 0.5) is 0 Å². The third-order valence-corrected chi connectivity index (χ3v) is 3.19. The average Bonchev–Trinajstić information content (AvgIpc) is 2.94. The van der Waals surface area contributed by atoms with Crippen LogP contribution in [0.15, 0.2) is 6.33 Å². The van der Waals surface area contributed by atoms with E-state index in [0.29, 0.717) is 25.0 Å². The number of carbonyl (C=O) groups excluding carboxylic acids is 1. The van der Waals surface area contributed by atoms with Gasteiger partial charge in [-0.1, -0.05) is 0 Å². The molecule has 19 heavy (non-hydrogen) atoms. The van der Waals surface area contributed by atoms with E-state index in [-0.39, 0.29) is 11.9 Å². The lowest BCUT2D eigenvalue weighted by molar-refractivity contribution is -0.123. The molecule has 1 amide bonds. The Morgan fingerprint density at radius 3 is 3.05 bits per heavy atom. The topological polar surface area (TPSA) is 91.9 Å². The minimum atomic E-state index is -0.158. The summed E-state index contributed by atoms with van der Waals surface area (Å²) in [7, 11) is 0. The number of hydrogen-bond donors (Lipinski definition) is 3. The quantitative estimate of drug-likeness (QED) is 0.682. The number of ether oxygens (including phenoxy) is 1. The SMILES string of the molecule is CC(NC(=O)CCOC1CCNCC1)c1ncn[nH]1. The molecule has 7 heteroatoms. The maximum atomic E-state index is 11.7. The highest BCUT2D eigenvalue weighted by Gasteiger charge is 2.15. The Balaban J connectivity index is 1.61. The number of rotatable bonds is 6. The standard InChI is InChI=1S/C12H21N5O2/c1-9(12-14-8-15-17-12)16-11(18)4-7-19-10-2-5-13-6-3-10/h8-10,13H,2-7H2,1H3,(H,16,18)(H,14,15,17). The van der Waals surface area contributed by atoms with Gasteiger partial charge in [0.05, 0.1) is 18.8 Å². The molecule has 7 nitrogen and oxygen atoms in total. The van der Waals surface area contributed by atoms with Gasteiger partial charge in [-0.3, -0.25) is 9.89 Å². The van der Waals surface area contributed by atoms with Crippen LogP contribution in [0.5, 0.6) is 0 Å². The molecule has 1 unspecified atom stereocenters. The lowest BCUT2D eigenvalue weighted by atomic mass is 10.1. The van der Waals surface area contributed by atoms with Gasteiger partial charge in [0.25, 0.3) is 0 Å². The van der Waals surface area contributed by atoms with Crippen LogP contribution in [0, 0.1) is 0 Å². The third-order valence-electron chi connectivity index (χ3n) is 3.19. The Bertz CT molecular complexity index is 375. The average molecular weight is 267 g/mol. The van der Waals surface area contributed by atoms with Gasteiger partial charge in [-0.15, -0.1) is 0 Å². The summed E-state index contributed by atoms with van der Waals surface area (Å²) in [5, 5.41) is 12.6. The Hall–Kier alpha value is -1.47. The van der Waals surface area contributed by atoms with Crippen LogP contribution in [0.25, 0.3) is 0 Å². The molecular formula is C12H21N5O2. The van der Waals surface area contributed by atoms with Gasteiger partial charge in [0, 0.05) is 6.42 Å². The van der Waals surface area contributed by atoms with Gasteiger partial charge in [-0.2, -0.15) is 5.10 Å². The summed E-state index contributed by atoms with van der Waals surface area (Å²) in [6, 6.07) is -0.158. The fourth-order valence-corrected chi connectivity index (χ4v) is 2.09. The molecule has 1 aromatic rings. The number of nitrogens with one attached hydrogen (secondary N) is 3. The lowest BCUT2D eigenvalue weighted by Gasteiger charge is -2.22. The van der Waals surface area contributed by atoms with Gasteiger partial charge in [0.15, 0.2) is 0 Å². The summed E-state index contributed by atoms with van der Waals surface area (Å²) < 4.78 is 5.69. The number of nitrogens with zero attached hydrogens (tertiary/aromatic N) is 2. The van der Waals surface area contributed by atoms with Crippen molar-refractivity contribution in [3.63, 3.8) is 0 Å². The molecule has 106 valence electrons. The molecule has 0 aliphatic carbocycles. The number of carbonyl (C=O) groups is 1. The van der Waals surface area contributed by atoms with Crippen molar-refractivity contribution in [1.82, 2.24) is 25.8 Å². The first kappa shape index (κ1) is 14.0. The summed E-state index contributed by atoms with van der Waals surface area (Å²) in [4.78, 5) is 15.7. The van der Waals surface area contributed by atoms with Gasteiger partial charge < -0.3 is 15.4 Å². The van der Waals surface area contributed by atoms with Gasteiger partial charge in [-0.25, -0.2) is 4.98 Å². The minimum absolute atomic E-state index is 0.0298. The zero-order chi connectivity index (χ0) is 13.5. The molecule has 3 N–H and O–H groups in total. The van der Waals surface area contributed by atoms with E-state index in [2.05, 4.69) is 25.8 Å². The molecule has 0 radical (unpaired) electrons. The first-order valence-electron chi connectivity index (χ1n) is 6.72.